The molecule has 1 aromatic rings. The van der Waals surface area contributed by atoms with Crippen molar-refractivity contribution in [3.05, 3.63) is 28.7 Å². The molecule has 15 heavy (non-hydrogen) atoms. The van der Waals surface area contributed by atoms with Crippen LogP contribution in [0.25, 0.3) is 0 Å². The fourth-order valence-electron chi connectivity index (χ4n) is 0.904. The lowest BCUT2D eigenvalue weighted by atomic mass is 10.3. The lowest BCUT2D eigenvalue weighted by Gasteiger charge is -2.10. The summed E-state index contributed by atoms with van der Waals surface area (Å²) in [4.78, 5) is 0.114. The molecule has 0 N–H and O–H groups in total. The van der Waals surface area contributed by atoms with Crippen LogP contribution in [-0.4, -0.2) is 14.5 Å². The number of rotatable bonds is 4. The zero-order chi connectivity index (χ0) is 12.2. The normalized spacial score (nSPS) is 14.7. The number of hydrogen-bond acceptors (Lipinski definition) is 3. The summed E-state index contributed by atoms with van der Waals surface area (Å²) in [5.41, 5.74) is 0. The van der Waals surface area contributed by atoms with Gasteiger partial charge in [-0.15, -0.1) is 0 Å². The molecular weight excluding hydrogens is 280 g/mol. The van der Waals surface area contributed by atoms with Gasteiger partial charge in [0, 0.05) is 5.84 Å². The van der Waals surface area contributed by atoms with Gasteiger partial charge in [0.25, 0.3) is 10.1 Å². The van der Waals surface area contributed by atoms with E-state index >= 15 is 0 Å². The van der Waals surface area contributed by atoms with Gasteiger partial charge in [-0.2, -0.15) is 8.42 Å². The Bertz CT molecular complexity index is 426. The van der Waals surface area contributed by atoms with Gasteiger partial charge in [0.05, 0.1) is 11.0 Å². The Balaban J connectivity index is 2.89. The van der Waals surface area contributed by atoms with Crippen LogP contribution in [0.3, 0.4) is 0 Å². The summed E-state index contributed by atoms with van der Waals surface area (Å²) in [6.07, 6.45) is -0.0761. The number of benzene rings is 1. The van der Waals surface area contributed by atoms with Crippen molar-refractivity contribution in [2.45, 2.75) is 31.2 Å². The lowest BCUT2D eigenvalue weighted by molar-refractivity contribution is 0.224. The minimum atomic E-state index is -3.74. The van der Waals surface area contributed by atoms with Crippen LogP contribution in [0.4, 0.5) is 0 Å². The van der Waals surface area contributed by atoms with Crippen molar-refractivity contribution in [1.29, 1.82) is 0 Å². The molecule has 0 saturated carbocycles. The van der Waals surface area contributed by atoms with E-state index in [1.54, 1.807) is 19.1 Å². The van der Waals surface area contributed by atoms with E-state index in [0.717, 1.165) is 4.47 Å². The Hall–Kier alpha value is -0.390. The maximum Gasteiger partial charge on any atom is 0.297 e. The molecule has 0 aliphatic carbocycles. The van der Waals surface area contributed by atoms with Gasteiger partial charge in [0.2, 0.25) is 0 Å². The van der Waals surface area contributed by atoms with Gasteiger partial charge < -0.3 is 0 Å². The Labute approximate surface area is 100 Å². The molecule has 0 aliphatic rings. The molecule has 0 saturated heterocycles. The second-order valence-corrected chi connectivity index (χ2v) is 5.52. The average Bonchev–Trinajstić information content (AvgIpc) is 2.26. The van der Waals surface area contributed by atoms with Crippen LogP contribution < -0.4 is 0 Å². The SMILES string of the molecule is [2H]C[C@@H](CC)OS(=O)(=O)c1ccc(Br)cc1. The van der Waals surface area contributed by atoms with E-state index in [4.69, 9.17) is 5.55 Å². The molecule has 0 aliphatic heterocycles. The van der Waals surface area contributed by atoms with Crippen LogP contribution in [0.2, 0.25) is 0 Å². The van der Waals surface area contributed by atoms with Crippen LogP contribution in [0.15, 0.2) is 33.6 Å². The second-order valence-electron chi connectivity index (χ2n) is 3.03. The molecule has 84 valence electrons. The average molecular weight is 294 g/mol. The monoisotopic (exact) mass is 293 g/mol. The van der Waals surface area contributed by atoms with Crippen LogP contribution in [0.1, 0.15) is 21.6 Å². The molecule has 0 fully saturated rings. The van der Waals surface area contributed by atoms with Gasteiger partial charge in [-0.3, -0.25) is 4.18 Å². The van der Waals surface area contributed by atoms with Crippen molar-refractivity contribution in [2.24, 2.45) is 0 Å². The number of halogens is 1. The Morgan fingerprint density at radius 1 is 1.47 bits per heavy atom. The van der Waals surface area contributed by atoms with E-state index in [0.29, 0.717) is 6.42 Å². The summed E-state index contributed by atoms with van der Waals surface area (Å²) in [5, 5.41) is 0. The van der Waals surface area contributed by atoms with E-state index in [2.05, 4.69) is 15.9 Å². The van der Waals surface area contributed by atoms with Crippen molar-refractivity contribution in [3.63, 3.8) is 0 Å². The molecular formula is C10H13BrO3S. The standard InChI is InChI=1S/C10H13BrO3S/c1-3-8(2)14-15(12,13)10-6-4-9(11)5-7-10/h4-8H,3H2,1-2H3/t8-/m0/s1/i2D. The first-order valence-corrected chi connectivity index (χ1v) is 6.68. The van der Waals surface area contributed by atoms with E-state index in [1.807, 2.05) is 0 Å². The van der Waals surface area contributed by atoms with Gasteiger partial charge in [-0.25, -0.2) is 0 Å². The largest absolute Gasteiger partial charge is 0.297 e. The minimum absolute atomic E-state index is 0.0632. The number of hydrogen-bond donors (Lipinski definition) is 0. The van der Waals surface area contributed by atoms with Crippen molar-refractivity contribution in [2.75, 3.05) is 0 Å². The fraction of sp³-hybridized carbons (Fsp3) is 0.400. The molecule has 0 amide bonds. The maximum atomic E-state index is 11.8. The minimum Gasteiger partial charge on any atom is -0.263 e. The van der Waals surface area contributed by atoms with E-state index in [1.165, 1.54) is 12.1 Å². The molecule has 0 radical (unpaired) electrons. The van der Waals surface area contributed by atoms with Crippen LogP contribution >= 0.6 is 15.9 Å². The lowest BCUT2D eigenvalue weighted by Crippen LogP contribution is -2.14. The molecule has 1 aromatic carbocycles. The van der Waals surface area contributed by atoms with E-state index in [-0.39, 0.29) is 11.8 Å². The van der Waals surface area contributed by atoms with Gasteiger partial charge >= 0.3 is 0 Å². The fourth-order valence-corrected chi connectivity index (χ4v) is 2.24. The van der Waals surface area contributed by atoms with Crippen molar-refractivity contribution >= 4 is 26.0 Å². The summed E-state index contributed by atoms with van der Waals surface area (Å²) >= 11 is 3.22. The topological polar surface area (TPSA) is 43.4 Å². The van der Waals surface area contributed by atoms with Crippen LogP contribution in [-0.2, 0) is 14.3 Å². The Morgan fingerprint density at radius 3 is 2.53 bits per heavy atom. The molecule has 1 rings (SSSR count). The summed E-state index contributed by atoms with van der Waals surface area (Å²) in [6, 6.07) is 6.21. The van der Waals surface area contributed by atoms with Crippen LogP contribution in [0.5, 0.6) is 0 Å². The zero-order valence-corrected chi connectivity index (χ0v) is 10.7. The van der Waals surface area contributed by atoms with Gasteiger partial charge in [-0.1, -0.05) is 22.9 Å². The molecule has 3 nitrogen and oxygen atoms in total. The summed E-state index contributed by atoms with van der Waals surface area (Å²) in [6.45, 7) is 1.72. The highest BCUT2D eigenvalue weighted by Gasteiger charge is 2.17. The van der Waals surface area contributed by atoms with E-state index < -0.39 is 16.2 Å². The quantitative estimate of drug-likeness (QED) is 0.802. The molecule has 0 unspecified atom stereocenters. The Kier molecular flexibility index (Phi) is 3.77. The van der Waals surface area contributed by atoms with Crippen molar-refractivity contribution in [1.82, 2.24) is 0 Å². The highest BCUT2D eigenvalue weighted by atomic mass is 79.9. The predicted molar refractivity (Wildman–Crippen MR) is 62.2 cm³/mol. The van der Waals surface area contributed by atoms with E-state index in [9.17, 15) is 8.42 Å². The Morgan fingerprint density at radius 2 is 2.07 bits per heavy atom. The first kappa shape index (κ1) is 11.1. The second kappa shape index (κ2) is 5.09. The molecule has 0 bridgehead atoms. The predicted octanol–water partition coefficient (Wildman–Crippen LogP) is 2.95. The molecule has 0 spiro atoms. The van der Waals surface area contributed by atoms with Gasteiger partial charge in [0.15, 0.2) is 0 Å². The van der Waals surface area contributed by atoms with Crippen molar-refractivity contribution in [3.8, 4) is 0 Å². The zero-order valence-electron chi connectivity index (χ0n) is 9.31. The third-order valence-electron chi connectivity index (χ3n) is 1.82. The summed E-state index contributed by atoms with van der Waals surface area (Å²) in [5.74, 6) is 0. The molecule has 5 heteroatoms. The first-order chi connectivity index (χ1) is 7.49. The smallest absolute Gasteiger partial charge is 0.263 e. The van der Waals surface area contributed by atoms with Crippen molar-refractivity contribution < 1.29 is 14.0 Å². The molecule has 0 heterocycles. The summed E-state index contributed by atoms with van der Waals surface area (Å²) < 4.78 is 36.4. The molecule has 1 atom stereocenters. The summed E-state index contributed by atoms with van der Waals surface area (Å²) in [7, 11) is -3.74. The maximum absolute atomic E-state index is 11.8. The first-order valence-electron chi connectivity index (χ1n) is 5.18. The van der Waals surface area contributed by atoms with Gasteiger partial charge in [-0.05, 0) is 37.6 Å². The third-order valence-corrected chi connectivity index (χ3v) is 3.72. The third kappa shape index (κ3) is 3.59. The van der Waals surface area contributed by atoms with Crippen LogP contribution in [0, 0.1) is 0 Å². The van der Waals surface area contributed by atoms with Gasteiger partial charge in [0.1, 0.15) is 0 Å². The molecule has 0 aromatic heterocycles. The highest BCUT2D eigenvalue weighted by Crippen LogP contribution is 2.18. The highest BCUT2D eigenvalue weighted by molar-refractivity contribution is 9.10.